The first-order chi connectivity index (χ1) is 9.81. The van der Waals surface area contributed by atoms with Crippen molar-refractivity contribution in [2.24, 2.45) is 0 Å². The summed E-state index contributed by atoms with van der Waals surface area (Å²) in [4.78, 5) is 36.1. The third-order valence-corrected chi connectivity index (χ3v) is 3.54. The van der Waals surface area contributed by atoms with Crippen LogP contribution in [-0.4, -0.2) is 39.2 Å². The summed E-state index contributed by atoms with van der Waals surface area (Å²) in [5, 5.41) is 0. The molecule has 0 saturated heterocycles. The lowest BCUT2D eigenvalue weighted by molar-refractivity contribution is 0.0534. The van der Waals surface area contributed by atoms with Crippen LogP contribution in [0, 0.1) is 20.8 Å². The van der Waals surface area contributed by atoms with Crippen molar-refractivity contribution in [3.63, 3.8) is 0 Å². The van der Waals surface area contributed by atoms with Crippen molar-refractivity contribution in [2.75, 3.05) is 21.3 Å². The molecule has 0 bridgehead atoms. The number of methoxy groups -OCH3 is 3. The van der Waals surface area contributed by atoms with Gasteiger partial charge in [0.15, 0.2) is 0 Å². The van der Waals surface area contributed by atoms with Crippen molar-refractivity contribution < 1.29 is 28.6 Å². The molecule has 0 N–H and O–H groups in total. The van der Waals surface area contributed by atoms with Gasteiger partial charge in [-0.25, -0.2) is 14.4 Å². The summed E-state index contributed by atoms with van der Waals surface area (Å²) in [6.07, 6.45) is 0. The molecule has 6 heteroatoms. The Morgan fingerprint density at radius 3 is 1.14 bits per heavy atom. The zero-order valence-electron chi connectivity index (χ0n) is 12.9. The molecule has 114 valence electrons. The Kier molecular flexibility index (Phi) is 5.07. The van der Waals surface area contributed by atoms with Gasteiger partial charge in [0.25, 0.3) is 0 Å². The van der Waals surface area contributed by atoms with E-state index in [4.69, 9.17) is 14.2 Å². The van der Waals surface area contributed by atoms with Gasteiger partial charge in [0.05, 0.1) is 38.0 Å². The number of carbonyl (C=O) groups is 3. The second-order valence-electron chi connectivity index (χ2n) is 4.47. The summed E-state index contributed by atoms with van der Waals surface area (Å²) in [7, 11) is 3.58. The molecule has 0 aliphatic rings. The van der Waals surface area contributed by atoms with Crippen LogP contribution in [0.1, 0.15) is 47.8 Å². The van der Waals surface area contributed by atoms with Crippen LogP contribution in [0.25, 0.3) is 0 Å². The predicted molar refractivity (Wildman–Crippen MR) is 74.7 cm³/mol. The number of esters is 3. The molecule has 0 atom stereocenters. The average molecular weight is 294 g/mol. The first-order valence-electron chi connectivity index (χ1n) is 6.20. The fraction of sp³-hybridized carbons (Fsp3) is 0.400. The highest BCUT2D eigenvalue weighted by molar-refractivity contribution is 6.12. The number of carbonyl (C=O) groups excluding carboxylic acids is 3. The Labute approximate surface area is 123 Å². The monoisotopic (exact) mass is 294 g/mol. The maximum Gasteiger partial charge on any atom is 0.339 e. The van der Waals surface area contributed by atoms with Gasteiger partial charge < -0.3 is 14.2 Å². The summed E-state index contributed by atoms with van der Waals surface area (Å²) in [6, 6.07) is 0. The summed E-state index contributed by atoms with van der Waals surface area (Å²) in [5.74, 6) is -2.20. The van der Waals surface area contributed by atoms with Crippen molar-refractivity contribution in [2.45, 2.75) is 20.8 Å². The zero-order chi connectivity index (χ0) is 16.3. The largest absolute Gasteiger partial charge is 0.465 e. The number of hydrogen-bond acceptors (Lipinski definition) is 6. The Morgan fingerprint density at radius 2 is 0.857 bits per heavy atom. The molecule has 0 aromatic heterocycles. The fourth-order valence-corrected chi connectivity index (χ4v) is 2.18. The van der Waals surface area contributed by atoms with E-state index >= 15 is 0 Å². The molecule has 1 rings (SSSR count). The molecule has 21 heavy (non-hydrogen) atoms. The molecule has 0 amide bonds. The maximum absolute atomic E-state index is 12.1. The first-order valence-corrected chi connectivity index (χ1v) is 6.20. The highest BCUT2D eigenvalue weighted by atomic mass is 16.5. The molecule has 0 aliphatic heterocycles. The van der Waals surface area contributed by atoms with Gasteiger partial charge in [-0.3, -0.25) is 0 Å². The van der Waals surface area contributed by atoms with E-state index < -0.39 is 17.9 Å². The Bertz CT molecular complexity index is 572. The first kappa shape index (κ1) is 16.7. The second kappa shape index (κ2) is 6.39. The minimum absolute atomic E-state index is 0.0212. The van der Waals surface area contributed by atoms with Gasteiger partial charge >= 0.3 is 17.9 Å². The Balaban J connectivity index is 3.94. The van der Waals surface area contributed by atoms with Crippen LogP contribution in [0.5, 0.6) is 0 Å². The molecule has 0 unspecified atom stereocenters. The van der Waals surface area contributed by atoms with Crippen LogP contribution in [0.2, 0.25) is 0 Å². The molecule has 6 nitrogen and oxygen atoms in total. The molecule has 0 saturated carbocycles. The molecule has 0 heterocycles. The molecular weight excluding hydrogens is 276 g/mol. The van der Waals surface area contributed by atoms with Crippen molar-refractivity contribution in [1.82, 2.24) is 0 Å². The molecule has 1 aromatic carbocycles. The third-order valence-electron chi connectivity index (χ3n) is 3.54. The normalized spacial score (nSPS) is 10.0. The van der Waals surface area contributed by atoms with Crippen LogP contribution < -0.4 is 0 Å². The van der Waals surface area contributed by atoms with E-state index in [1.54, 1.807) is 20.8 Å². The maximum atomic E-state index is 12.1. The van der Waals surface area contributed by atoms with E-state index in [1.165, 1.54) is 21.3 Å². The lowest BCUT2D eigenvalue weighted by atomic mass is 9.88. The second-order valence-corrected chi connectivity index (χ2v) is 4.47. The smallest absolute Gasteiger partial charge is 0.339 e. The molecule has 0 aliphatic carbocycles. The van der Waals surface area contributed by atoms with Gasteiger partial charge in [-0.1, -0.05) is 0 Å². The molecule has 0 radical (unpaired) electrons. The standard InChI is InChI=1S/C15H18O6/c1-7-8(2)10(13(16)19-4)12(15(18)21-6)11(9(7)3)14(17)20-5/h1-6H3. The van der Waals surface area contributed by atoms with E-state index in [1.807, 2.05) is 0 Å². The van der Waals surface area contributed by atoms with Crippen LogP contribution >= 0.6 is 0 Å². The fourth-order valence-electron chi connectivity index (χ4n) is 2.18. The average Bonchev–Trinajstić information content (AvgIpc) is 2.49. The summed E-state index contributed by atoms with van der Waals surface area (Å²) in [6.45, 7) is 5.12. The van der Waals surface area contributed by atoms with E-state index in [0.717, 1.165) is 0 Å². The Morgan fingerprint density at radius 1 is 0.571 bits per heavy atom. The number of benzene rings is 1. The summed E-state index contributed by atoms with van der Waals surface area (Å²) in [5.41, 5.74) is 1.75. The highest BCUT2D eigenvalue weighted by Gasteiger charge is 2.31. The van der Waals surface area contributed by atoms with Crippen molar-refractivity contribution >= 4 is 17.9 Å². The topological polar surface area (TPSA) is 78.9 Å². The number of rotatable bonds is 3. The summed E-state index contributed by atoms with van der Waals surface area (Å²) < 4.78 is 14.1. The van der Waals surface area contributed by atoms with Gasteiger partial charge in [-0.15, -0.1) is 0 Å². The lowest BCUT2D eigenvalue weighted by Gasteiger charge is -2.18. The van der Waals surface area contributed by atoms with Gasteiger partial charge in [0.2, 0.25) is 0 Å². The van der Waals surface area contributed by atoms with E-state index in [2.05, 4.69) is 0 Å². The zero-order valence-corrected chi connectivity index (χ0v) is 12.9. The SMILES string of the molecule is COC(=O)c1c(C)c(C)c(C)c(C(=O)OC)c1C(=O)OC. The predicted octanol–water partition coefficient (Wildman–Crippen LogP) is 1.97. The minimum atomic E-state index is -0.790. The van der Waals surface area contributed by atoms with Crippen molar-refractivity contribution in [1.29, 1.82) is 0 Å². The van der Waals surface area contributed by atoms with Crippen LogP contribution in [0.4, 0.5) is 0 Å². The van der Waals surface area contributed by atoms with E-state index in [9.17, 15) is 14.4 Å². The minimum Gasteiger partial charge on any atom is -0.465 e. The van der Waals surface area contributed by atoms with Crippen LogP contribution in [-0.2, 0) is 14.2 Å². The van der Waals surface area contributed by atoms with Gasteiger partial charge in [-0.2, -0.15) is 0 Å². The van der Waals surface area contributed by atoms with Gasteiger partial charge in [0, 0.05) is 0 Å². The number of hydrogen-bond donors (Lipinski definition) is 0. The van der Waals surface area contributed by atoms with Crippen LogP contribution in [0.3, 0.4) is 0 Å². The van der Waals surface area contributed by atoms with Crippen LogP contribution in [0.15, 0.2) is 0 Å². The van der Waals surface area contributed by atoms with E-state index in [-0.39, 0.29) is 16.7 Å². The molecule has 0 spiro atoms. The Hall–Kier alpha value is -2.37. The molecular formula is C15H18O6. The highest BCUT2D eigenvalue weighted by Crippen LogP contribution is 2.29. The van der Waals surface area contributed by atoms with E-state index in [0.29, 0.717) is 16.7 Å². The quantitative estimate of drug-likeness (QED) is 0.626. The third kappa shape index (κ3) is 2.74. The van der Waals surface area contributed by atoms with Gasteiger partial charge in [0.1, 0.15) is 0 Å². The lowest BCUT2D eigenvalue weighted by Crippen LogP contribution is -2.22. The van der Waals surface area contributed by atoms with Crippen molar-refractivity contribution in [3.05, 3.63) is 33.4 Å². The molecule has 1 aromatic rings. The number of ether oxygens (including phenoxy) is 3. The van der Waals surface area contributed by atoms with Gasteiger partial charge in [-0.05, 0) is 37.5 Å². The summed E-state index contributed by atoms with van der Waals surface area (Å²) >= 11 is 0. The molecule has 0 fully saturated rings. The van der Waals surface area contributed by atoms with Crippen molar-refractivity contribution in [3.8, 4) is 0 Å².